The average molecular weight is 319 g/mol. The number of carbonyl (C=O) groups is 1. The molecule has 0 bridgehead atoms. The summed E-state index contributed by atoms with van der Waals surface area (Å²) in [4.78, 5) is 11.2. The molecule has 2 aromatic rings. The summed E-state index contributed by atoms with van der Waals surface area (Å²) in [7, 11) is 0. The molecule has 0 aliphatic heterocycles. The first-order valence-corrected chi connectivity index (χ1v) is 8.22. The summed E-state index contributed by atoms with van der Waals surface area (Å²) in [5.74, 6) is -0.224. The number of ether oxygens (including phenoxy) is 1. The van der Waals surface area contributed by atoms with Crippen molar-refractivity contribution in [3.63, 3.8) is 0 Å². The van der Waals surface area contributed by atoms with E-state index < -0.39 is 0 Å². The van der Waals surface area contributed by atoms with Gasteiger partial charge in [0.05, 0.1) is 0 Å². The molecule has 0 radical (unpaired) electrons. The third kappa shape index (κ3) is 4.55. The zero-order chi connectivity index (χ0) is 13.5. The summed E-state index contributed by atoms with van der Waals surface area (Å²) >= 11 is 0.303. The third-order valence-electron chi connectivity index (χ3n) is 2.62. The molecule has 19 heavy (non-hydrogen) atoms. The second kappa shape index (κ2) is 7.13. The SMILES string of the molecule is CC(=O)OC(C[Se]c1ccccc1)c1ccccc1. The van der Waals surface area contributed by atoms with E-state index >= 15 is 0 Å². The van der Waals surface area contributed by atoms with Crippen molar-refractivity contribution in [2.75, 3.05) is 0 Å². The van der Waals surface area contributed by atoms with E-state index in [-0.39, 0.29) is 12.1 Å². The van der Waals surface area contributed by atoms with Gasteiger partial charge in [0, 0.05) is 0 Å². The Morgan fingerprint density at radius 1 is 1.05 bits per heavy atom. The van der Waals surface area contributed by atoms with Crippen LogP contribution in [0.5, 0.6) is 0 Å². The van der Waals surface area contributed by atoms with Crippen LogP contribution in [0, 0.1) is 0 Å². The molecule has 0 N–H and O–H groups in total. The van der Waals surface area contributed by atoms with Crippen molar-refractivity contribution < 1.29 is 9.53 Å². The fraction of sp³-hybridized carbons (Fsp3) is 0.188. The van der Waals surface area contributed by atoms with Crippen LogP contribution in [0.25, 0.3) is 0 Å². The predicted molar refractivity (Wildman–Crippen MR) is 77.6 cm³/mol. The Kier molecular flexibility index (Phi) is 5.19. The Bertz CT molecular complexity index is 511. The van der Waals surface area contributed by atoms with Crippen LogP contribution in [-0.2, 0) is 9.53 Å². The van der Waals surface area contributed by atoms with Crippen LogP contribution in [0.4, 0.5) is 0 Å². The summed E-state index contributed by atoms with van der Waals surface area (Å²) in [5, 5.41) is 0.862. The van der Waals surface area contributed by atoms with Crippen LogP contribution in [0.15, 0.2) is 60.7 Å². The van der Waals surface area contributed by atoms with Gasteiger partial charge in [0.15, 0.2) is 0 Å². The van der Waals surface area contributed by atoms with E-state index in [1.165, 1.54) is 11.4 Å². The summed E-state index contributed by atoms with van der Waals surface area (Å²) in [5.41, 5.74) is 1.07. The van der Waals surface area contributed by atoms with Gasteiger partial charge in [-0.2, -0.15) is 0 Å². The van der Waals surface area contributed by atoms with Crippen molar-refractivity contribution in [2.24, 2.45) is 0 Å². The van der Waals surface area contributed by atoms with Gasteiger partial charge in [0.25, 0.3) is 0 Å². The molecular weight excluding hydrogens is 303 g/mol. The van der Waals surface area contributed by atoms with Crippen molar-refractivity contribution in [1.29, 1.82) is 0 Å². The average Bonchev–Trinajstić information content (AvgIpc) is 2.45. The van der Waals surface area contributed by atoms with Crippen molar-refractivity contribution in [2.45, 2.75) is 18.3 Å². The number of rotatable bonds is 5. The van der Waals surface area contributed by atoms with Gasteiger partial charge >= 0.3 is 119 Å². The summed E-state index contributed by atoms with van der Waals surface area (Å²) in [6.07, 6.45) is -0.140. The zero-order valence-corrected chi connectivity index (χ0v) is 12.5. The molecule has 0 aromatic heterocycles. The monoisotopic (exact) mass is 320 g/mol. The van der Waals surface area contributed by atoms with Gasteiger partial charge in [-0.3, -0.25) is 0 Å². The van der Waals surface area contributed by atoms with E-state index in [2.05, 4.69) is 12.1 Å². The second-order valence-electron chi connectivity index (χ2n) is 4.13. The summed E-state index contributed by atoms with van der Waals surface area (Å²) in [6.45, 7) is 1.46. The number of hydrogen-bond donors (Lipinski definition) is 0. The molecule has 2 rings (SSSR count). The minimum absolute atomic E-state index is 0.140. The van der Waals surface area contributed by atoms with Crippen molar-refractivity contribution >= 4 is 25.4 Å². The first-order valence-electron chi connectivity index (χ1n) is 6.16. The molecule has 0 aliphatic carbocycles. The van der Waals surface area contributed by atoms with E-state index in [0.29, 0.717) is 15.0 Å². The molecule has 0 fully saturated rings. The number of esters is 1. The van der Waals surface area contributed by atoms with Gasteiger partial charge < -0.3 is 0 Å². The maximum atomic E-state index is 11.2. The van der Waals surface area contributed by atoms with E-state index in [1.54, 1.807) is 0 Å². The van der Waals surface area contributed by atoms with E-state index in [0.717, 1.165) is 10.9 Å². The standard InChI is InChI=1S/C16H16O2Se/c1-13(17)18-16(14-8-4-2-5-9-14)12-19-15-10-6-3-7-11-15/h2-11,16H,12H2,1H3. The normalized spacial score (nSPS) is 11.8. The first-order chi connectivity index (χ1) is 9.25. The quantitative estimate of drug-likeness (QED) is 0.626. The molecule has 1 atom stereocenters. The van der Waals surface area contributed by atoms with Crippen LogP contribution in [0.2, 0.25) is 5.32 Å². The molecule has 2 aromatic carbocycles. The van der Waals surface area contributed by atoms with E-state index in [9.17, 15) is 4.79 Å². The van der Waals surface area contributed by atoms with Gasteiger partial charge in [0.2, 0.25) is 0 Å². The summed E-state index contributed by atoms with van der Waals surface area (Å²) in [6, 6.07) is 20.3. The van der Waals surface area contributed by atoms with Crippen molar-refractivity contribution in [1.82, 2.24) is 0 Å². The molecule has 3 heteroatoms. The number of hydrogen-bond acceptors (Lipinski definition) is 2. The zero-order valence-electron chi connectivity index (χ0n) is 10.8. The second-order valence-corrected chi connectivity index (χ2v) is 6.43. The van der Waals surface area contributed by atoms with Crippen LogP contribution in [0.1, 0.15) is 18.6 Å². The minimum atomic E-state index is -0.224. The van der Waals surface area contributed by atoms with E-state index in [4.69, 9.17) is 4.74 Å². The Balaban J connectivity index is 2.04. The molecular formula is C16H16O2Se. The molecule has 0 spiro atoms. The van der Waals surface area contributed by atoms with Crippen molar-refractivity contribution in [3.8, 4) is 0 Å². The third-order valence-corrected chi connectivity index (χ3v) is 4.88. The first kappa shape index (κ1) is 13.9. The van der Waals surface area contributed by atoms with E-state index in [1.807, 2.05) is 48.5 Å². The molecule has 0 heterocycles. The van der Waals surface area contributed by atoms with Crippen LogP contribution in [-0.4, -0.2) is 20.9 Å². The Labute approximate surface area is 120 Å². The Morgan fingerprint density at radius 2 is 1.63 bits per heavy atom. The fourth-order valence-electron chi connectivity index (χ4n) is 1.75. The molecule has 1 unspecified atom stereocenters. The predicted octanol–water partition coefficient (Wildman–Crippen LogP) is 2.74. The van der Waals surface area contributed by atoms with Gasteiger partial charge in [-0.15, -0.1) is 0 Å². The van der Waals surface area contributed by atoms with Crippen LogP contribution < -0.4 is 4.46 Å². The van der Waals surface area contributed by atoms with Gasteiger partial charge in [-0.05, 0) is 0 Å². The topological polar surface area (TPSA) is 26.3 Å². The maximum absolute atomic E-state index is 11.2. The molecule has 0 saturated heterocycles. The van der Waals surface area contributed by atoms with Crippen LogP contribution in [0.3, 0.4) is 0 Å². The van der Waals surface area contributed by atoms with Crippen LogP contribution >= 0.6 is 0 Å². The molecule has 2 nitrogen and oxygen atoms in total. The molecule has 0 saturated carbocycles. The van der Waals surface area contributed by atoms with Gasteiger partial charge in [0.1, 0.15) is 0 Å². The molecule has 0 amide bonds. The Hall–Kier alpha value is -1.57. The summed E-state index contributed by atoms with van der Waals surface area (Å²) < 4.78 is 6.76. The van der Waals surface area contributed by atoms with Gasteiger partial charge in [-0.25, -0.2) is 0 Å². The Morgan fingerprint density at radius 3 is 2.21 bits per heavy atom. The molecule has 98 valence electrons. The molecule has 0 aliphatic rings. The number of benzene rings is 2. The fourth-order valence-corrected chi connectivity index (χ4v) is 3.76. The van der Waals surface area contributed by atoms with Gasteiger partial charge in [-0.1, -0.05) is 0 Å². The van der Waals surface area contributed by atoms with Crippen molar-refractivity contribution in [3.05, 3.63) is 66.2 Å². The number of carbonyl (C=O) groups excluding carboxylic acids is 1.